The standard InChI is InChI=1S/C32H41FN2O3/c1-4-37-29-17-24-16-28-21(3)32(31(36)35(28)20-25(24)18-30(29)38-5-2)13-10-27(19-32)34-14-11-23(12-15-34)22-6-8-26(33)9-7-22/h6-9,17-18,21,23,27-28H,4-5,10-16,19-20H2,1-3H3/t21?,27-,28?,32+/m1/s1. The van der Waals surface area contributed by atoms with Crippen LogP contribution in [0.4, 0.5) is 4.39 Å². The van der Waals surface area contributed by atoms with E-state index in [2.05, 4.69) is 28.9 Å². The second-order valence-electron chi connectivity index (χ2n) is 11.8. The Morgan fingerprint density at radius 1 is 0.974 bits per heavy atom. The second kappa shape index (κ2) is 10.2. The lowest BCUT2D eigenvalue weighted by molar-refractivity contribution is -0.138. The summed E-state index contributed by atoms with van der Waals surface area (Å²) in [6.45, 7) is 10.3. The minimum atomic E-state index is -0.239. The Morgan fingerprint density at radius 3 is 2.29 bits per heavy atom. The van der Waals surface area contributed by atoms with Gasteiger partial charge in [0.1, 0.15) is 5.82 Å². The fraction of sp³-hybridized carbons (Fsp3) is 0.594. The summed E-state index contributed by atoms with van der Waals surface area (Å²) in [5, 5.41) is 0. The molecule has 0 N–H and O–H groups in total. The monoisotopic (exact) mass is 520 g/mol. The molecular weight excluding hydrogens is 479 g/mol. The van der Waals surface area contributed by atoms with Crippen molar-refractivity contribution in [1.82, 2.24) is 9.80 Å². The average molecular weight is 521 g/mol. The number of hydrogen-bond acceptors (Lipinski definition) is 4. The van der Waals surface area contributed by atoms with E-state index in [-0.39, 0.29) is 17.3 Å². The maximum Gasteiger partial charge on any atom is 0.229 e. The minimum absolute atomic E-state index is 0.165. The molecule has 4 aliphatic rings. The highest BCUT2D eigenvalue weighted by molar-refractivity contribution is 5.87. The van der Waals surface area contributed by atoms with Crippen molar-refractivity contribution in [3.05, 3.63) is 58.9 Å². The summed E-state index contributed by atoms with van der Waals surface area (Å²) in [7, 11) is 0. The number of carbonyl (C=O) groups is 1. The Bertz CT molecular complexity index is 1180. The summed E-state index contributed by atoms with van der Waals surface area (Å²) < 4.78 is 25.1. The molecule has 4 atom stereocenters. The number of nitrogens with zero attached hydrogens (tertiary/aromatic N) is 2. The lowest BCUT2D eigenvalue weighted by Gasteiger charge is -2.37. The molecule has 2 aromatic rings. The number of hydrogen-bond donors (Lipinski definition) is 0. The number of fused-ring (bicyclic) bond motifs is 2. The molecule has 1 amide bonds. The molecule has 0 radical (unpaired) electrons. The van der Waals surface area contributed by atoms with Crippen molar-refractivity contribution in [1.29, 1.82) is 0 Å². The average Bonchev–Trinajstić information content (AvgIpc) is 3.46. The largest absolute Gasteiger partial charge is 0.490 e. The van der Waals surface area contributed by atoms with Crippen LogP contribution in [0.5, 0.6) is 11.5 Å². The first kappa shape index (κ1) is 25.7. The summed E-state index contributed by atoms with van der Waals surface area (Å²) in [6, 6.07) is 12.1. The Kier molecular flexibility index (Phi) is 6.88. The highest BCUT2D eigenvalue weighted by atomic mass is 19.1. The van der Waals surface area contributed by atoms with Gasteiger partial charge < -0.3 is 19.3 Å². The Balaban J connectivity index is 1.15. The van der Waals surface area contributed by atoms with Crippen LogP contribution in [0.15, 0.2) is 36.4 Å². The Labute approximate surface area is 226 Å². The SMILES string of the molecule is CCOc1cc2c(cc1OCC)CN1C(=O)[C@]3(CC[C@@H](N4CCC(c5ccc(F)cc5)CC4)C3)C(C)C1C2. The molecule has 204 valence electrons. The van der Waals surface area contributed by atoms with Gasteiger partial charge in [-0.15, -0.1) is 0 Å². The smallest absolute Gasteiger partial charge is 0.229 e. The maximum absolute atomic E-state index is 14.1. The van der Waals surface area contributed by atoms with E-state index >= 15 is 0 Å². The summed E-state index contributed by atoms with van der Waals surface area (Å²) in [5.74, 6) is 2.65. The van der Waals surface area contributed by atoms with Gasteiger partial charge >= 0.3 is 0 Å². The van der Waals surface area contributed by atoms with Crippen molar-refractivity contribution in [3.63, 3.8) is 0 Å². The van der Waals surface area contributed by atoms with Gasteiger partial charge in [0, 0.05) is 18.6 Å². The van der Waals surface area contributed by atoms with Crippen molar-refractivity contribution in [2.75, 3.05) is 26.3 Å². The summed E-state index contributed by atoms with van der Waals surface area (Å²) in [4.78, 5) is 18.9. The summed E-state index contributed by atoms with van der Waals surface area (Å²) >= 11 is 0. The van der Waals surface area contributed by atoms with Crippen molar-refractivity contribution >= 4 is 5.91 Å². The van der Waals surface area contributed by atoms with Crippen molar-refractivity contribution in [2.45, 2.75) is 83.8 Å². The molecule has 1 spiro atoms. The molecule has 0 bridgehead atoms. The first-order chi connectivity index (χ1) is 18.4. The first-order valence-electron chi connectivity index (χ1n) is 14.7. The van der Waals surface area contributed by atoms with Crippen LogP contribution in [0, 0.1) is 17.2 Å². The molecule has 3 fully saturated rings. The number of ether oxygens (including phenoxy) is 2. The molecule has 3 aliphatic heterocycles. The third kappa shape index (κ3) is 4.29. The molecule has 5 nitrogen and oxygen atoms in total. The number of piperidine rings is 1. The number of rotatable bonds is 6. The van der Waals surface area contributed by atoms with Crippen LogP contribution in [-0.4, -0.2) is 54.1 Å². The lowest BCUT2D eigenvalue weighted by Crippen LogP contribution is -2.42. The van der Waals surface area contributed by atoms with Crippen LogP contribution >= 0.6 is 0 Å². The van der Waals surface area contributed by atoms with Gasteiger partial charge in [-0.1, -0.05) is 19.1 Å². The van der Waals surface area contributed by atoms with Crippen LogP contribution < -0.4 is 9.47 Å². The van der Waals surface area contributed by atoms with E-state index in [0.717, 1.165) is 63.1 Å². The van der Waals surface area contributed by atoms with Gasteiger partial charge in [0.05, 0.1) is 18.6 Å². The summed E-state index contributed by atoms with van der Waals surface area (Å²) in [6.07, 6.45) is 6.18. The zero-order valence-corrected chi connectivity index (χ0v) is 23.0. The molecule has 3 heterocycles. The predicted molar refractivity (Wildman–Crippen MR) is 146 cm³/mol. The molecule has 1 saturated carbocycles. The normalized spacial score (nSPS) is 29.5. The van der Waals surface area contributed by atoms with E-state index in [0.29, 0.717) is 43.5 Å². The van der Waals surface area contributed by atoms with E-state index < -0.39 is 0 Å². The number of carbonyl (C=O) groups excluding carboxylic acids is 1. The number of halogens is 1. The van der Waals surface area contributed by atoms with Gasteiger partial charge in [-0.25, -0.2) is 4.39 Å². The highest BCUT2D eigenvalue weighted by Gasteiger charge is 2.60. The van der Waals surface area contributed by atoms with Crippen LogP contribution in [0.3, 0.4) is 0 Å². The van der Waals surface area contributed by atoms with Crippen molar-refractivity contribution < 1.29 is 18.7 Å². The Hall–Kier alpha value is -2.60. The third-order valence-electron chi connectivity index (χ3n) is 10.1. The highest BCUT2D eigenvalue weighted by Crippen LogP contribution is 2.56. The summed E-state index contributed by atoms with van der Waals surface area (Å²) in [5.41, 5.74) is 3.51. The zero-order chi connectivity index (χ0) is 26.4. The van der Waals surface area contributed by atoms with Gasteiger partial charge in [-0.2, -0.15) is 0 Å². The molecular formula is C32H41FN2O3. The van der Waals surface area contributed by atoms with Crippen LogP contribution in [0.2, 0.25) is 0 Å². The zero-order valence-electron chi connectivity index (χ0n) is 23.0. The molecule has 38 heavy (non-hydrogen) atoms. The van der Waals surface area contributed by atoms with E-state index in [1.165, 1.54) is 16.7 Å². The quantitative estimate of drug-likeness (QED) is 0.473. The van der Waals surface area contributed by atoms with Crippen molar-refractivity contribution in [2.24, 2.45) is 11.3 Å². The fourth-order valence-corrected chi connectivity index (χ4v) is 7.97. The second-order valence-corrected chi connectivity index (χ2v) is 11.8. The molecule has 6 heteroatoms. The van der Waals surface area contributed by atoms with E-state index in [1.807, 2.05) is 26.0 Å². The van der Waals surface area contributed by atoms with Crippen molar-refractivity contribution in [3.8, 4) is 11.5 Å². The molecule has 2 saturated heterocycles. The maximum atomic E-state index is 14.1. The van der Waals surface area contributed by atoms with E-state index in [4.69, 9.17) is 9.47 Å². The van der Waals surface area contributed by atoms with Gasteiger partial charge in [0.15, 0.2) is 11.5 Å². The molecule has 6 rings (SSSR count). The van der Waals surface area contributed by atoms with Crippen LogP contribution in [0.1, 0.15) is 75.5 Å². The molecule has 2 aromatic carbocycles. The van der Waals surface area contributed by atoms with Crippen LogP contribution in [-0.2, 0) is 17.8 Å². The molecule has 2 unspecified atom stereocenters. The Morgan fingerprint density at radius 2 is 1.63 bits per heavy atom. The lowest BCUT2D eigenvalue weighted by atomic mass is 9.73. The number of likely N-dealkylation sites (tertiary alicyclic amines) is 1. The number of amides is 1. The van der Waals surface area contributed by atoms with Gasteiger partial charge in [-0.3, -0.25) is 4.79 Å². The molecule has 1 aliphatic carbocycles. The minimum Gasteiger partial charge on any atom is -0.490 e. The van der Waals surface area contributed by atoms with Gasteiger partial charge in [0.2, 0.25) is 5.91 Å². The fourth-order valence-electron chi connectivity index (χ4n) is 7.97. The first-order valence-corrected chi connectivity index (χ1v) is 14.7. The third-order valence-corrected chi connectivity index (χ3v) is 10.1. The topological polar surface area (TPSA) is 42.0 Å². The van der Waals surface area contributed by atoms with Gasteiger partial charge in [0.25, 0.3) is 0 Å². The molecule has 0 aromatic heterocycles. The predicted octanol–water partition coefficient (Wildman–Crippen LogP) is 5.94. The van der Waals surface area contributed by atoms with E-state index in [1.54, 1.807) is 12.1 Å². The van der Waals surface area contributed by atoms with E-state index in [9.17, 15) is 9.18 Å². The van der Waals surface area contributed by atoms with Crippen LogP contribution in [0.25, 0.3) is 0 Å². The number of benzene rings is 2. The van der Waals surface area contributed by atoms with Gasteiger partial charge in [-0.05, 0) is 118 Å².